The van der Waals surface area contributed by atoms with Gasteiger partial charge < -0.3 is 5.11 Å². The Morgan fingerprint density at radius 2 is 1.89 bits per heavy atom. The summed E-state index contributed by atoms with van der Waals surface area (Å²) in [6.07, 6.45) is 4.04. The smallest absolute Gasteiger partial charge is 0.127 e. The molecule has 0 amide bonds. The number of benzene rings is 2. The number of nitrogens with zero attached hydrogens (tertiary/aromatic N) is 1. The average Bonchev–Trinajstić information content (AvgIpc) is 2.42. The number of allylic oxidation sites excluding steroid dienone is 1. The summed E-state index contributed by atoms with van der Waals surface area (Å²) >= 11 is 5.81. The molecule has 2 rings (SSSR count). The van der Waals surface area contributed by atoms with Crippen LogP contribution in [0.25, 0.3) is 0 Å². The van der Waals surface area contributed by atoms with Crippen molar-refractivity contribution in [2.45, 2.75) is 6.42 Å². The molecule has 0 aromatic heterocycles. The average molecular weight is 272 g/mol. The monoisotopic (exact) mass is 271 g/mol. The zero-order chi connectivity index (χ0) is 13.7. The number of phenols is 1. The van der Waals surface area contributed by atoms with Crippen molar-refractivity contribution in [2.75, 3.05) is 0 Å². The lowest BCUT2D eigenvalue weighted by Gasteiger charge is -2.04. The van der Waals surface area contributed by atoms with Crippen molar-refractivity contribution in [3.8, 4) is 5.75 Å². The quantitative estimate of drug-likeness (QED) is 0.643. The first-order chi connectivity index (χ1) is 9.20. The largest absolute Gasteiger partial charge is 0.507 e. The molecule has 0 saturated heterocycles. The second-order valence-electron chi connectivity index (χ2n) is 4.08. The fourth-order valence-electron chi connectivity index (χ4n) is 1.71. The van der Waals surface area contributed by atoms with Crippen LogP contribution in [0.3, 0.4) is 0 Å². The molecule has 0 saturated carbocycles. The molecule has 2 aromatic carbocycles. The van der Waals surface area contributed by atoms with Crippen molar-refractivity contribution < 1.29 is 5.11 Å². The molecule has 0 radical (unpaired) electrons. The van der Waals surface area contributed by atoms with E-state index in [1.54, 1.807) is 24.4 Å². The van der Waals surface area contributed by atoms with Crippen molar-refractivity contribution in [1.29, 1.82) is 0 Å². The molecule has 3 heteroatoms. The molecule has 96 valence electrons. The van der Waals surface area contributed by atoms with Crippen LogP contribution in [0, 0.1) is 0 Å². The first-order valence-corrected chi connectivity index (χ1v) is 6.30. The molecule has 0 atom stereocenters. The lowest BCUT2D eigenvalue weighted by atomic mass is 10.1. The highest BCUT2D eigenvalue weighted by atomic mass is 35.5. The number of para-hydroxylation sites is 1. The Morgan fingerprint density at radius 1 is 1.16 bits per heavy atom. The summed E-state index contributed by atoms with van der Waals surface area (Å²) in [6, 6.07) is 12.8. The number of halogens is 1. The van der Waals surface area contributed by atoms with E-state index in [-0.39, 0.29) is 5.75 Å². The van der Waals surface area contributed by atoms with E-state index in [1.807, 2.05) is 30.3 Å². The molecule has 0 spiro atoms. The zero-order valence-corrected chi connectivity index (χ0v) is 11.1. The van der Waals surface area contributed by atoms with Crippen LogP contribution in [-0.4, -0.2) is 11.3 Å². The molecular weight excluding hydrogens is 258 g/mol. The highest BCUT2D eigenvalue weighted by molar-refractivity contribution is 6.30. The normalized spacial score (nSPS) is 10.8. The molecule has 2 aromatic rings. The fraction of sp³-hybridized carbons (Fsp3) is 0.0625. The van der Waals surface area contributed by atoms with Gasteiger partial charge in [0, 0.05) is 16.8 Å². The molecule has 0 aliphatic heterocycles. The molecule has 0 fully saturated rings. The minimum atomic E-state index is 0.250. The molecular formula is C16H14ClNO. The number of rotatable bonds is 4. The van der Waals surface area contributed by atoms with Crippen molar-refractivity contribution in [3.05, 3.63) is 71.3 Å². The summed E-state index contributed by atoms with van der Waals surface area (Å²) in [5.74, 6) is 0.250. The van der Waals surface area contributed by atoms with Gasteiger partial charge in [0.25, 0.3) is 0 Å². The standard InChI is InChI=1S/C16H14ClNO/c1-2-4-12-5-3-6-13(16(12)19)11-18-15-9-7-14(17)8-10-15/h2-3,5-11,19H,1,4H2. The van der Waals surface area contributed by atoms with Gasteiger partial charge in [-0.25, -0.2) is 0 Å². The van der Waals surface area contributed by atoms with E-state index in [9.17, 15) is 5.11 Å². The summed E-state index contributed by atoms with van der Waals surface area (Å²) in [5, 5.41) is 10.8. The Kier molecular flexibility index (Phi) is 4.37. The summed E-state index contributed by atoms with van der Waals surface area (Å²) in [5.41, 5.74) is 2.32. The van der Waals surface area contributed by atoms with Crippen molar-refractivity contribution in [1.82, 2.24) is 0 Å². The summed E-state index contributed by atoms with van der Waals surface area (Å²) in [7, 11) is 0. The van der Waals surface area contributed by atoms with Crippen LogP contribution in [0.2, 0.25) is 5.02 Å². The minimum absolute atomic E-state index is 0.250. The van der Waals surface area contributed by atoms with Crippen LogP contribution < -0.4 is 0 Å². The second kappa shape index (κ2) is 6.21. The maximum atomic E-state index is 10.1. The molecule has 0 bridgehead atoms. The predicted octanol–water partition coefficient (Wildman–Crippen LogP) is 4.52. The SMILES string of the molecule is C=CCc1cccc(C=Nc2ccc(Cl)cc2)c1O. The molecule has 19 heavy (non-hydrogen) atoms. The number of phenolic OH excluding ortho intramolecular Hbond substituents is 1. The van der Waals surface area contributed by atoms with Gasteiger partial charge in [0.05, 0.1) is 5.69 Å². The third kappa shape index (κ3) is 3.46. The first kappa shape index (κ1) is 13.4. The third-order valence-corrected chi connectivity index (χ3v) is 2.95. The number of hydrogen-bond acceptors (Lipinski definition) is 2. The zero-order valence-electron chi connectivity index (χ0n) is 10.4. The number of hydrogen-bond donors (Lipinski definition) is 1. The van der Waals surface area contributed by atoms with Crippen LogP contribution in [0.5, 0.6) is 5.75 Å². The Labute approximate surface area is 117 Å². The molecule has 0 aliphatic carbocycles. The van der Waals surface area contributed by atoms with Crippen molar-refractivity contribution in [3.63, 3.8) is 0 Å². The summed E-state index contributed by atoms with van der Waals surface area (Å²) in [4.78, 5) is 4.31. The van der Waals surface area contributed by atoms with Gasteiger partial charge in [-0.15, -0.1) is 6.58 Å². The highest BCUT2D eigenvalue weighted by Crippen LogP contribution is 2.23. The Hall–Kier alpha value is -2.06. The van der Waals surface area contributed by atoms with Gasteiger partial charge in [-0.2, -0.15) is 0 Å². The van der Waals surface area contributed by atoms with Crippen LogP contribution in [0.15, 0.2) is 60.1 Å². The molecule has 0 heterocycles. The maximum absolute atomic E-state index is 10.1. The van der Waals surface area contributed by atoms with Gasteiger partial charge in [0.1, 0.15) is 5.75 Å². The van der Waals surface area contributed by atoms with Gasteiger partial charge in [-0.1, -0.05) is 29.8 Å². The van der Waals surface area contributed by atoms with Gasteiger partial charge in [0.15, 0.2) is 0 Å². The highest BCUT2D eigenvalue weighted by Gasteiger charge is 2.03. The van der Waals surface area contributed by atoms with E-state index in [0.29, 0.717) is 17.0 Å². The predicted molar refractivity (Wildman–Crippen MR) is 80.7 cm³/mol. The third-order valence-electron chi connectivity index (χ3n) is 2.69. The topological polar surface area (TPSA) is 32.6 Å². The van der Waals surface area contributed by atoms with Crippen molar-refractivity contribution in [2.24, 2.45) is 4.99 Å². The molecule has 2 nitrogen and oxygen atoms in total. The summed E-state index contributed by atoms with van der Waals surface area (Å²) in [6.45, 7) is 3.67. The fourth-order valence-corrected chi connectivity index (χ4v) is 1.83. The molecule has 1 N–H and O–H groups in total. The Balaban J connectivity index is 2.25. The Morgan fingerprint density at radius 3 is 2.58 bits per heavy atom. The minimum Gasteiger partial charge on any atom is -0.507 e. The molecule has 0 aliphatic rings. The van der Waals surface area contributed by atoms with E-state index < -0.39 is 0 Å². The number of aromatic hydroxyl groups is 1. The first-order valence-electron chi connectivity index (χ1n) is 5.92. The van der Waals surface area contributed by atoms with E-state index in [2.05, 4.69) is 11.6 Å². The van der Waals surface area contributed by atoms with Gasteiger partial charge in [-0.05, 0) is 42.3 Å². The van der Waals surface area contributed by atoms with Gasteiger partial charge in [-0.3, -0.25) is 4.99 Å². The summed E-state index contributed by atoms with van der Waals surface area (Å²) < 4.78 is 0. The van der Waals surface area contributed by atoms with Crippen LogP contribution in [0.1, 0.15) is 11.1 Å². The second-order valence-corrected chi connectivity index (χ2v) is 4.52. The Bertz CT molecular complexity index is 603. The van der Waals surface area contributed by atoms with Gasteiger partial charge in [0.2, 0.25) is 0 Å². The van der Waals surface area contributed by atoms with E-state index in [4.69, 9.17) is 11.6 Å². The lowest BCUT2D eigenvalue weighted by Crippen LogP contribution is -1.88. The van der Waals surface area contributed by atoms with Crippen molar-refractivity contribution >= 4 is 23.5 Å². The van der Waals surface area contributed by atoms with E-state index in [0.717, 1.165) is 11.3 Å². The van der Waals surface area contributed by atoms with E-state index in [1.165, 1.54) is 0 Å². The molecule has 0 unspecified atom stereocenters. The van der Waals surface area contributed by atoms with Crippen LogP contribution >= 0.6 is 11.6 Å². The van der Waals surface area contributed by atoms with Gasteiger partial charge >= 0.3 is 0 Å². The number of aliphatic imine (C=N–C) groups is 1. The van der Waals surface area contributed by atoms with Crippen LogP contribution in [0.4, 0.5) is 5.69 Å². The maximum Gasteiger partial charge on any atom is 0.127 e. The lowest BCUT2D eigenvalue weighted by molar-refractivity contribution is 0.469. The van der Waals surface area contributed by atoms with Crippen LogP contribution in [-0.2, 0) is 6.42 Å². The van der Waals surface area contributed by atoms with E-state index >= 15 is 0 Å².